The Balaban J connectivity index is 1.86. The first kappa shape index (κ1) is 34.5. The molecule has 0 bridgehead atoms. The predicted molar refractivity (Wildman–Crippen MR) is 171 cm³/mol. The lowest BCUT2D eigenvalue weighted by molar-refractivity contribution is -0.121. The number of carbonyl (C=O) groups excluding carboxylic acids is 2. The molecule has 3 heterocycles. The van der Waals surface area contributed by atoms with E-state index in [1.807, 2.05) is 6.92 Å². The van der Waals surface area contributed by atoms with Gasteiger partial charge in [-0.2, -0.15) is 14.6 Å². The Morgan fingerprint density at radius 2 is 1.84 bits per heavy atom. The summed E-state index contributed by atoms with van der Waals surface area (Å²) in [6.07, 6.45) is 1.31. The second-order valence-electron chi connectivity index (χ2n) is 12.2. The van der Waals surface area contributed by atoms with Gasteiger partial charge in [0, 0.05) is 56.9 Å². The fourth-order valence-electron chi connectivity index (χ4n) is 4.71. The Bertz CT molecular complexity index is 1460. The van der Waals surface area contributed by atoms with E-state index >= 15 is 4.39 Å². The van der Waals surface area contributed by atoms with Gasteiger partial charge < -0.3 is 21.1 Å². The molecule has 0 radical (unpaired) electrons. The van der Waals surface area contributed by atoms with Gasteiger partial charge in [-0.3, -0.25) is 14.3 Å². The van der Waals surface area contributed by atoms with Crippen LogP contribution in [-0.2, 0) is 22.8 Å². The van der Waals surface area contributed by atoms with Crippen LogP contribution in [0, 0.1) is 19.8 Å². The largest absolute Gasteiger partial charge is 0.398 e. The monoisotopic (exact) mass is 654 g/mol. The highest BCUT2D eigenvalue weighted by atomic mass is 35.5. The molecular formula is C28H41Cl2FN8O3Si. The zero-order valence-electron chi connectivity index (χ0n) is 25.9. The van der Waals surface area contributed by atoms with Gasteiger partial charge in [-0.25, -0.2) is 9.67 Å². The molecule has 11 nitrogen and oxygen atoms in total. The molecule has 1 atom stereocenters. The lowest BCUT2D eigenvalue weighted by Gasteiger charge is -2.33. The molecule has 0 fully saturated rings. The second kappa shape index (κ2) is 13.3. The van der Waals surface area contributed by atoms with Crippen LogP contribution in [0.15, 0.2) is 18.3 Å². The fraction of sp³-hybridized carbons (Fsp3) is 0.536. The molecule has 0 saturated carbocycles. The number of amides is 2. The quantitative estimate of drug-likeness (QED) is 0.0953. The summed E-state index contributed by atoms with van der Waals surface area (Å²) < 4.78 is 23.2. The highest BCUT2D eigenvalue weighted by Crippen LogP contribution is 2.36. The molecule has 4 N–H and O–H groups in total. The van der Waals surface area contributed by atoms with Crippen LogP contribution in [0.3, 0.4) is 0 Å². The van der Waals surface area contributed by atoms with Gasteiger partial charge >= 0.3 is 0 Å². The Hall–Kier alpha value is -3.00. The first-order valence-corrected chi connectivity index (χ1v) is 18.4. The lowest BCUT2D eigenvalue weighted by Crippen LogP contribution is -2.57. The number of aryl methyl sites for hydroxylation is 2. The van der Waals surface area contributed by atoms with Crippen molar-refractivity contribution in [1.29, 1.82) is 0 Å². The third kappa shape index (κ3) is 8.77. The topological polar surface area (TPSA) is 142 Å². The third-order valence-corrected chi connectivity index (χ3v) is 8.86. The predicted octanol–water partition coefficient (Wildman–Crippen LogP) is 5.52. The van der Waals surface area contributed by atoms with Gasteiger partial charge in [0.15, 0.2) is 0 Å². The van der Waals surface area contributed by atoms with E-state index in [-0.39, 0.29) is 35.9 Å². The van der Waals surface area contributed by atoms with Crippen molar-refractivity contribution in [2.24, 2.45) is 0 Å². The van der Waals surface area contributed by atoms with Gasteiger partial charge in [-0.05, 0) is 46.7 Å². The Kier molecular flexibility index (Phi) is 10.7. The van der Waals surface area contributed by atoms with Gasteiger partial charge in [0.25, 0.3) is 11.8 Å². The molecule has 3 aromatic rings. The number of aromatic nitrogens is 5. The SMILES string of the molecule is CCn1nccc1C(=O)N[C@@](C)(CC(C)(Cl)Cl)C(=O)Nc1cc(N)c(-c2c(C)nn(COCC[Si](C)(C)C)c2C)c(F)n1. The number of nitrogen functional groups attached to an aromatic ring is 1. The standard InChI is InChI=1S/C28H41Cl2FN8O3Si/c1-9-38-20(10-11-33-38)25(40)36-27(4,15-28(5,29)30)26(41)35-21-14-19(32)23(24(31)34-21)22-17(2)37-39(18(22)3)16-42-12-13-43(6,7)8/h10-11,14H,9,12-13,15-16H2,1-8H3,(H,36,40)(H3,32,34,35,41)/t27-/m0/s1. The van der Waals surface area contributed by atoms with Crippen molar-refractivity contribution in [3.05, 3.63) is 41.4 Å². The zero-order valence-corrected chi connectivity index (χ0v) is 28.5. The lowest BCUT2D eigenvalue weighted by atomic mass is 9.93. The second-order valence-corrected chi connectivity index (χ2v) is 19.7. The summed E-state index contributed by atoms with van der Waals surface area (Å²) in [7, 11) is -1.24. The van der Waals surface area contributed by atoms with E-state index in [0.29, 0.717) is 30.1 Å². The number of nitrogens with zero attached hydrogens (tertiary/aromatic N) is 5. The van der Waals surface area contributed by atoms with Crippen LogP contribution >= 0.6 is 23.2 Å². The first-order chi connectivity index (χ1) is 19.8. The molecule has 15 heteroatoms. The number of alkyl halides is 2. The molecule has 3 rings (SSSR count). The highest BCUT2D eigenvalue weighted by Gasteiger charge is 2.41. The van der Waals surface area contributed by atoms with E-state index in [2.05, 4.69) is 45.5 Å². The summed E-state index contributed by atoms with van der Waals surface area (Å²) in [5.74, 6) is -2.31. The average Bonchev–Trinajstić information content (AvgIpc) is 3.44. The molecule has 43 heavy (non-hydrogen) atoms. The molecule has 2 amide bonds. The Morgan fingerprint density at radius 1 is 1.16 bits per heavy atom. The molecule has 0 aliphatic carbocycles. The van der Waals surface area contributed by atoms with Crippen LogP contribution < -0.4 is 16.4 Å². The summed E-state index contributed by atoms with van der Waals surface area (Å²) in [5.41, 5.74) is 6.79. The summed E-state index contributed by atoms with van der Waals surface area (Å²) >= 11 is 12.5. The van der Waals surface area contributed by atoms with Crippen LogP contribution in [0.25, 0.3) is 11.1 Å². The Morgan fingerprint density at radius 3 is 2.42 bits per heavy atom. The summed E-state index contributed by atoms with van der Waals surface area (Å²) in [6, 6.07) is 3.89. The number of rotatable bonds is 13. The van der Waals surface area contributed by atoms with Crippen LogP contribution in [0.1, 0.15) is 49.1 Å². The molecule has 3 aromatic heterocycles. The van der Waals surface area contributed by atoms with E-state index in [1.54, 1.807) is 18.5 Å². The summed E-state index contributed by atoms with van der Waals surface area (Å²) in [6.45, 7) is 16.5. The smallest absolute Gasteiger partial charge is 0.270 e. The molecule has 236 valence electrons. The van der Waals surface area contributed by atoms with Gasteiger partial charge in [0.2, 0.25) is 5.95 Å². The normalized spacial score (nSPS) is 13.6. The number of nitrogens with one attached hydrogen (secondary N) is 2. The minimum Gasteiger partial charge on any atom is -0.398 e. The number of hydrogen-bond donors (Lipinski definition) is 3. The number of carbonyl (C=O) groups is 2. The van der Waals surface area contributed by atoms with E-state index in [4.69, 9.17) is 33.7 Å². The maximum absolute atomic E-state index is 15.6. The molecule has 0 saturated heterocycles. The van der Waals surface area contributed by atoms with E-state index < -0.39 is 35.7 Å². The molecule has 0 aliphatic heterocycles. The van der Waals surface area contributed by atoms with E-state index in [0.717, 1.165) is 6.04 Å². The highest BCUT2D eigenvalue weighted by molar-refractivity contribution is 6.76. The molecule has 0 aliphatic rings. The summed E-state index contributed by atoms with van der Waals surface area (Å²) in [4.78, 5) is 30.6. The molecule has 0 spiro atoms. The van der Waals surface area contributed by atoms with E-state index in [9.17, 15) is 9.59 Å². The van der Waals surface area contributed by atoms with Gasteiger partial charge in [-0.15, -0.1) is 23.2 Å². The van der Waals surface area contributed by atoms with Crippen molar-refractivity contribution in [2.75, 3.05) is 17.7 Å². The van der Waals surface area contributed by atoms with E-state index in [1.165, 1.54) is 36.9 Å². The number of halogens is 3. The summed E-state index contributed by atoms with van der Waals surface area (Å²) in [5, 5.41) is 13.9. The van der Waals surface area contributed by atoms with Crippen LogP contribution in [0.2, 0.25) is 25.7 Å². The Labute approximate surface area is 262 Å². The molecule has 0 unspecified atom stereocenters. The minimum absolute atomic E-state index is 0.0466. The van der Waals surface area contributed by atoms with Gasteiger partial charge in [0.05, 0.1) is 11.3 Å². The van der Waals surface area contributed by atoms with Gasteiger partial charge in [0.1, 0.15) is 28.1 Å². The number of nitrogens with two attached hydrogens (primary N) is 1. The van der Waals surface area contributed by atoms with Crippen LogP contribution in [-0.4, -0.2) is 60.9 Å². The zero-order chi connectivity index (χ0) is 32.3. The number of anilines is 2. The fourth-order valence-corrected chi connectivity index (χ4v) is 6.00. The number of ether oxygens (including phenoxy) is 1. The van der Waals surface area contributed by atoms with Crippen molar-refractivity contribution >= 4 is 54.6 Å². The van der Waals surface area contributed by atoms with Gasteiger partial charge in [-0.1, -0.05) is 19.6 Å². The van der Waals surface area contributed by atoms with Crippen molar-refractivity contribution < 1.29 is 18.7 Å². The maximum Gasteiger partial charge on any atom is 0.270 e. The molecular weight excluding hydrogens is 614 g/mol. The maximum atomic E-state index is 15.6. The average molecular weight is 656 g/mol. The van der Waals surface area contributed by atoms with Crippen LogP contribution in [0.5, 0.6) is 0 Å². The van der Waals surface area contributed by atoms with Crippen molar-refractivity contribution in [2.45, 2.75) is 89.9 Å². The first-order valence-electron chi connectivity index (χ1n) is 14.0. The minimum atomic E-state index is -1.62. The van der Waals surface area contributed by atoms with Crippen molar-refractivity contribution in [3.63, 3.8) is 0 Å². The van der Waals surface area contributed by atoms with Crippen molar-refractivity contribution in [1.82, 2.24) is 29.9 Å². The van der Waals surface area contributed by atoms with Crippen LogP contribution in [0.4, 0.5) is 15.9 Å². The molecule has 0 aromatic carbocycles. The van der Waals surface area contributed by atoms with Crippen molar-refractivity contribution in [3.8, 4) is 11.1 Å². The number of pyridine rings is 1. The number of hydrogen-bond acceptors (Lipinski definition) is 7. The third-order valence-electron chi connectivity index (χ3n) is 6.89.